The number of nitrogens with zero attached hydrogens (tertiary/aromatic N) is 2. The molecule has 8 heteroatoms. The van der Waals surface area contributed by atoms with Gasteiger partial charge in [-0.1, -0.05) is 30.3 Å². The van der Waals surface area contributed by atoms with E-state index >= 15 is 0 Å². The van der Waals surface area contributed by atoms with Gasteiger partial charge in [-0.3, -0.25) is 19.7 Å². The smallest absolute Gasteiger partial charge is 0.310 e. The number of rotatable bonds is 7. The highest BCUT2D eigenvalue weighted by atomic mass is 16.6. The number of para-hydroxylation sites is 1. The number of carbonyl (C=O) groups excluding carboxylic acids is 2. The van der Waals surface area contributed by atoms with Gasteiger partial charge in [0.2, 0.25) is 5.91 Å². The van der Waals surface area contributed by atoms with Gasteiger partial charge in [0.15, 0.2) is 0 Å². The van der Waals surface area contributed by atoms with Crippen LogP contribution < -0.4 is 0 Å². The van der Waals surface area contributed by atoms with E-state index < -0.39 is 4.92 Å². The van der Waals surface area contributed by atoms with Crippen molar-refractivity contribution in [3.05, 3.63) is 76.0 Å². The van der Waals surface area contributed by atoms with Gasteiger partial charge in [-0.15, -0.1) is 0 Å². The molecule has 8 nitrogen and oxygen atoms in total. The van der Waals surface area contributed by atoms with Crippen molar-refractivity contribution >= 4 is 28.5 Å². The lowest BCUT2D eigenvalue weighted by Crippen LogP contribution is -2.43. The molecule has 0 aliphatic carbocycles. The number of H-pyrrole nitrogens is 1. The molecule has 1 aromatic heterocycles. The summed E-state index contributed by atoms with van der Waals surface area (Å²) in [5, 5.41) is 12.4. The molecule has 2 heterocycles. The quantitative estimate of drug-likeness (QED) is 0.327. The average molecular weight is 450 g/mol. The van der Waals surface area contributed by atoms with Crippen LogP contribution in [0.1, 0.15) is 43.2 Å². The molecule has 1 N–H and O–H groups in total. The number of nitrogens with one attached hydrogen (secondary N) is 1. The van der Waals surface area contributed by atoms with Gasteiger partial charge in [0.1, 0.15) is 0 Å². The summed E-state index contributed by atoms with van der Waals surface area (Å²) in [5.74, 6) is -1.02. The van der Waals surface area contributed by atoms with E-state index in [9.17, 15) is 19.7 Å². The maximum atomic E-state index is 13.4. The Balaban J connectivity index is 1.64. The number of aromatic nitrogens is 1. The Bertz CT molecular complexity index is 1170. The van der Waals surface area contributed by atoms with Gasteiger partial charge >= 0.3 is 5.97 Å². The molecular weight excluding hydrogens is 422 g/mol. The Kier molecular flexibility index (Phi) is 6.72. The van der Waals surface area contributed by atoms with E-state index in [-0.39, 0.29) is 35.8 Å². The molecular formula is C25H27N3O5. The molecule has 0 radical (unpaired) electrons. The number of ether oxygens (including phenoxy) is 1. The van der Waals surface area contributed by atoms with Crippen LogP contribution in [-0.2, 0) is 14.3 Å². The Morgan fingerprint density at radius 3 is 2.85 bits per heavy atom. The average Bonchev–Trinajstić information content (AvgIpc) is 3.26. The number of benzene rings is 2. The van der Waals surface area contributed by atoms with Crippen LogP contribution in [0.4, 0.5) is 5.69 Å². The van der Waals surface area contributed by atoms with Gasteiger partial charge < -0.3 is 14.6 Å². The Morgan fingerprint density at radius 1 is 1.24 bits per heavy atom. The minimum atomic E-state index is -0.424. The maximum absolute atomic E-state index is 13.4. The lowest BCUT2D eigenvalue weighted by atomic mass is 9.87. The number of hydrogen-bond acceptors (Lipinski definition) is 5. The summed E-state index contributed by atoms with van der Waals surface area (Å²) in [6, 6.07) is 14.3. The van der Waals surface area contributed by atoms with Crippen molar-refractivity contribution in [1.82, 2.24) is 9.88 Å². The minimum Gasteiger partial charge on any atom is -0.466 e. The predicted molar refractivity (Wildman–Crippen MR) is 124 cm³/mol. The number of amides is 1. The molecule has 4 rings (SSSR count). The summed E-state index contributed by atoms with van der Waals surface area (Å²) in [4.78, 5) is 41.5. The Morgan fingerprint density at radius 2 is 2.06 bits per heavy atom. The van der Waals surface area contributed by atoms with E-state index in [0.717, 1.165) is 22.9 Å². The first kappa shape index (κ1) is 22.5. The van der Waals surface area contributed by atoms with Crippen LogP contribution in [0, 0.1) is 16.0 Å². The van der Waals surface area contributed by atoms with Crippen molar-refractivity contribution in [2.75, 3.05) is 19.7 Å². The van der Waals surface area contributed by atoms with Crippen LogP contribution in [0.5, 0.6) is 0 Å². The van der Waals surface area contributed by atoms with Gasteiger partial charge in [0.05, 0.1) is 17.4 Å². The van der Waals surface area contributed by atoms with E-state index in [1.54, 1.807) is 17.9 Å². The van der Waals surface area contributed by atoms with E-state index in [2.05, 4.69) is 4.98 Å². The van der Waals surface area contributed by atoms with Crippen molar-refractivity contribution in [3.63, 3.8) is 0 Å². The molecule has 1 aliphatic rings. The van der Waals surface area contributed by atoms with Crippen LogP contribution in [0.3, 0.4) is 0 Å². The fraction of sp³-hybridized carbons (Fsp3) is 0.360. The Labute approximate surface area is 191 Å². The van der Waals surface area contributed by atoms with E-state index in [4.69, 9.17) is 4.74 Å². The number of aromatic amines is 1. The Hall–Kier alpha value is -3.68. The number of fused-ring (bicyclic) bond motifs is 1. The van der Waals surface area contributed by atoms with Gasteiger partial charge in [0, 0.05) is 54.7 Å². The number of likely N-dealkylation sites (tertiary alicyclic amines) is 1. The highest BCUT2D eigenvalue weighted by Gasteiger charge is 2.31. The van der Waals surface area contributed by atoms with Crippen molar-refractivity contribution in [1.29, 1.82) is 0 Å². The molecule has 1 aliphatic heterocycles. The first-order valence-electron chi connectivity index (χ1n) is 11.2. The number of nitro groups is 1. The van der Waals surface area contributed by atoms with Crippen LogP contribution in [0.15, 0.2) is 54.7 Å². The molecule has 1 amide bonds. The number of non-ortho nitro benzene ring substituents is 1. The van der Waals surface area contributed by atoms with Gasteiger partial charge in [-0.25, -0.2) is 0 Å². The molecule has 1 fully saturated rings. The summed E-state index contributed by atoms with van der Waals surface area (Å²) < 4.78 is 5.16. The molecule has 2 aromatic carbocycles. The van der Waals surface area contributed by atoms with Crippen LogP contribution in [-0.4, -0.2) is 46.4 Å². The highest BCUT2D eigenvalue weighted by Crippen LogP contribution is 2.35. The summed E-state index contributed by atoms with van der Waals surface area (Å²) in [5.41, 5.74) is 2.56. The standard InChI is InChI=1S/C25H27N3O5/c1-2-33-25(30)18-8-6-12-27(16-18)24(29)14-21(17-7-5-9-19(13-17)28(31)32)22-15-26-23-11-4-3-10-20(22)23/h3-5,7,9-11,13,15,18,21,26H,2,6,8,12,14,16H2,1H3/t18-,21-/m0/s1. The summed E-state index contributed by atoms with van der Waals surface area (Å²) in [7, 11) is 0. The van der Waals surface area contributed by atoms with Gasteiger partial charge in [0.25, 0.3) is 5.69 Å². The van der Waals surface area contributed by atoms with Crippen molar-refractivity contribution < 1.29 is 19.2 Å². The molecule has 33 heavy (non-hydrogen) atoms. The summed E-state index contributed by atoms with van der Waals surface area (Å²) >= 11 is 0. The number of hydrogen-bond donors (Lipinski definition) is 1. The normalized spacial score (nSPS) is 17.0. The third-order valence-corrected chi connectivity index (χ3v) is 6.25. The summed E-state index contributed by atoms with van der Waals surface area (Å²) in [6.07, 6.45) is 3.47. The second kappa shape index (κ2) is 9.85. The number of nitro benzene ring substituents is 1. The van der Waals surface area contributed by atoms with Crippen LogP contribution in [0.2, 0.25) is 0 Å². The second-order valence-electron chi connectivity index (χ2n) is 8.33. The van der Waals surface area contributed by atoms with Crippen LogP contribution in [0.25, 0.3) is 10.9 Å². The maximum Gasteiger partial charge on any atom is 0.310 e. The molecule has 0 saturated carbocycles. The number of piperidine rings is 1. The fourth-order valence-corrected chi connectivity index (χ4v) is 4.60. The zero-order chi connectivity index (χ0) is 23.4. The lowest BCUT2D eigenvalue weighted by molar-refractivity contribution is -0.384. The first-order valence-corrected chi connectivity index (χ1v) is 11.2. The third kappa shape index (κ3) is 4.89. The monoisotopic (exact) mass is 449 g/mol. The van der Waals surface area contributed by atoms with Crippen molar-refractivity contribution in [2.45, 2.75) is 32.1 Å². The molecule has 172 valence electrons. The molecule has 0 unspecified atom stereocenters. The zero-order valence-electron chi connectivity index (χ0n) is 18.5. The largest absolute Gasteiger partial charge is 0.466 e. The zero-order valence-corrected chi connectivity index (χ0v) is 18.5. The van der Waals surface area contributed by atoms with Crippen LogP contribution >= 0.6 is 0 Å². The molecule has 1 saturated heterocycles. The first-order chi connectivity index (χ1) is 16.0. The SMILES string of the molecule is CCOC(=O)[C@H]1CCCN(C(=O)C[C@@H](c2cccc([N+](=O)[O-])c2)c2c[nH]c3ccccc23)C1. The minimum absolute atomic E-state index is 0.00913. The van der Waals surface area contributed by atoms with E-state index in [0.29, 0.717) is 31.7 Å². The second-order valence-corrected chi connectivity index (χ2v) is 8.33. The van der Waals surface area contributed by atoms with Gasteiger partial charge in [-0.05, 0) is 37.0 Å². The third-order valence-electron chi connectivity index (χ3n) is 6.25. The van der Waals surface area contributed by atoms with Gasteiger partial charge in [-0.2, -0.15) is 0 Å². The van der Waals surface area contributed by atoms with Crippen molar-refractivity contribution in [2.24, 2.45) is 5.92 Å². The molecule has 0 spiro atoms. The van der Waals surface area contributed by atoms with Crippen molar-refractivity contribution in [3.8, 4) is 0 Å². The topological polar surface area (TPSA) is 106 Å². The number of esters is 1. The molecule has 0 bridgehead atoms. The summed E-state index contributed by atoms with van der Waals surface area (Å²) in [6.45, 7) is 3.02. The molecule has 3 aromatic rings. The van der Waals surface area contributed by atoms with E-state index in [1.807, 2.05) is 36.5 Å². The predicted octanol–water partition coefficient (Wildman–Crippen LogP) is 4.40. The lowest BCUT2D eigenvalue weighted by Gasteiger charge is -2.32. The highest BCUT2D eigenvalue weighted by molar-refractivity contribution is 5.86. The van der Waals surface area contributed by atoms with E-state index in [1.165, 1.54) is 12.1 Å². The molecule has 2 atom stereocenters. The number of carbonyl (C=O) groups is 2. The fourth-order valence-electron chi connectivity index (χ4n) is 4.60.